The zero-order chi connectivity index (χ0) is 10.1. The summed E-state index contributed by atoms with van der Waals surface area (Å²) in [7, 11) is 0. The lowest BCUT2D eigenvalue weighted by Gasteiger charge is -2.07. The van der Waals surface area contributed by atoms with Gasteiger partial charge in [0.25, 0.3) is 0 Å². The minimum Gasteiger partial charge on any atom is -0.454 e. The second-order valence-corrected chi connectivity index (χ2v) is 4.20. The second-order valence-electron chi connectivity index (χ2n) is 3.35. The highest BCUT2D eigenvalue weighted by Crippen LogP contribution is 2.37. The lowest BCUT2D eigenvalue weighted by atomic mass is 10.1. The number of fused-ring (bicyclic) bond motifs is 1. The topological polar surface area (TPSA) is 38.7 Å². The molecule has 1 heterocycles. The highest BCUT2D eigenvalue weighted by Gasteiger charge is 2.16. The van der Waals surface area contributed by atoms with Crippen molar-refractivity contribution in [3.63, 3.8) is 0 Å². The van der Waals surface area contributed by atoms with Gasteiger partial charge in [0.1, 0.15) is 0 Å². The van der Waals surface area contributed by atoms with Gasteiger partial charge in [-0.25, -0.2) is 0 Å². The molecular formula is C10H11BrO3. The second kappa shape index (κ2) is 3.79. The number of aliphatic hydroxyl groups excluding tert-OH is 1. The van der Waals surface area contributed by atoms with E-state index < -0.39 is 0 Å². The number of hydrogen-bond donors (Lipinski definition) is 1. The summed E-state index contributed by atoms with van der Waals surface area (Å²) in [5.41, 5.74) is 1.03. The molecule has 0 amide bonds. The van der Waals surface area contributed by atoms with E-state index in [9.17, 15) is 5.11 Å². The van der Waals surface area contributed by atoms with Gasteiger partial charge in [-0.1, -0.05) is 15.9 Å². The molecule has 1 atom stereocenters. The van der Waals surface area contributed by atoms with Gasteiger partial charge >= 0.3 is 0 Å². The third-order valence-electron chi connectivity index (χ3n) is 2.06. The molecule has 1 aromatic rings. The maximum atomic E-state index is 9.29. The van der Waals surface area contributed by atoms with Crippen molar-refractivity contribution in [1.82, 2.24) is 0 Å². The summed E-state index contributed by atoms with van der Waals surface area (Å²) in [6, 6.07) is 3.78. The molecule has 4 heteroatoms. The monoisotopic (exact) mass is 258 g/mol. The number of hydrogen-bond acceptors (Lipinski definition) is 3. The smallest absolute Gasteiger partial charge is 0.231 e. The first-order chi connectivity index (χ1) is 6.66. The van der Waals surface area contributed by atoms with Crippen molar-refractivity contribution < 1.29 is 14.6 Å². The maximum absolute atomic E-state index is 9.29. The summed E-state index contributed by atoms with van der Waals surface area (Å²) in [6.07, 6.45) is 0.253. The van der Waals surface area contributed by atoms with Gasteiger partial charge in [-0.3, -0.25) is 0 Å². The molecule has 76 valence electrons. The van der Waals surface area contributed by atoms with E-state index in [0.29, 0.717) is 6.42 Å². The Bertz CT molecular complexity index is 349. The number of benzene rings is 1. The van der Waals surface area contributed by atoms with Crippen LogP contribution in [0.2, 0.25) is 0 Å². The SMILES string of the molecule is C[C@H](O)Cc1cc2c(cc1Br)OCO2. The van der Waals surface area contributed by atoms with Crippen molar-refractivity contribution in [2.75, 3.05) is 6.79 Å². The zero-order valence-corrected chi connectivity index (χ0v) is 9.37. The molecule has 0 bridgehead atoms. The molecule has 3 nitrogen and oxygen atoms in total. The first kappa shape index (κ1) is 9.80. The Morgan fingerprint density at radius 1 is 1.43 bits per heavy atom. The molecular weight excluding hydrogens is 248 g/mol. The summed E-state index contributed by atoms with van der Waals surface area (Å²) in [5, 5.41) is 9.29. The molecule has 1 N–H and O–H groups in total. The Morgan fingerprint density at radius 3 is 2.71 bits per heavy atom. The van der Waals surface area contributed by atoms with Crippen molar-refractivity contribution in [3.8, 4) is 11.5 Å². The van der Waals surface area contributed by atoms with Crippen molar-refractivity contribution >= 4 is 15.9 Å². The highest BCUT2D eigenvalue weighted by atomic mass is 79.9. The molecule has 1 aromatic carbocycles. The van der Waals surface area contributed by atoms with E-state index in [0.717, 1.165) is 21.5 Å². The van der Waals surface area contributed by atoms with Crippen molar-refractivity contribution in [3.05, 3.63) is 22.2 Å². The van der Waals surface area contributed by atoms with Gasteiger partial charge in [0.2, 0.25) is 6.79 Å². The van der Waals surface area contributed by atoms with Crippen LogP contribution in [0.4, 0.5) is 0 Å². The van der Waals surface area contributed by atoms with Crippen molar-refractivity contribution in [1.29, 1.82) is 0 Å². The third-order valence-corrected chi connectivity index (χ3v) is 2.80. The molecule has 0 radical (unpaired) electrons. The van der Waals surface area contributed by atoms with Crippen molar-refractivity contribution in [2.24, 2.45) is 0 Å². The Labute approximate surface area is 90.8 Å². The van der Waals surface area contributed by atoms with Crippen LogP contribution in [0.3, 0.4) is 0 Å². The summed E-state index contributed by atoms with van der Waals surface area (Å²) in [4.78, 5) is 0. The molecule has 0 fully saturated rings. The molecule has 0 aliphatic carbocycles. The molecule has 0 unspecified atom stereocenters. The van der Waals surface area contributed by atoms with Crippen LogP contribution in [0.5, 0.6) is 11.5 Å². The number of ether oxygens (including phenoxy) is 2. The van der Waals surface area contributed by atoms with Crippen LogP contribution in [0.1, 0.15) is 12.5 Å². The highest BCUT2D eigenvalue weighted by molar-refractivity contribution is 9.10. The normalized spacial score (nSPS) is 15.6. The fraction of sp³-hybridized carbons (Fsp3) is 0.400. The maximum Gasteiger partial charge on any atom is 0.231 e. The van der Waals surface area contributed by atoms with E-state index in [1.165, 1.54) is 0 Å². The predicted octanol–water partition coefficient (Wildman–Crippen LogP) is 2.10. The van der Waals surface area contributed by atoms with Gasteiger partial charge < -0.3 is 14.6 Å². The standard InChI is InChI=1S/C10H11BrO3/c1-6(12)2-7-3-9-10(4-8(7)11)14-5-13-9/h3-4,6,12H,2,5H2,1H3/t6-/m0/s1. The number of halogens is 1. The first-order valence-electron chi connectivity index (χ1n) is 4.43. The summed E-state index contributed by atoms with van der Waals surface area (Å²) in [6.45, 7) is 2.04. The summed E-state index contributed by atoms with van der Waals surface area (Å²) < 4.78 is 11.4. The molecule has 2 rings (SSSR count). The van der Waals surface area contributed by atoms with Crippen LogP contribution in [-0.4, -0.2) is 18.0 Å². The van der Waals surface area contributed by atoms with E-state index in [1.807, 2.05) is 12.1 Å². The first-order valence-corrected chi connectivity index (χ1v) is 5.22. The van der Waals surface area contributed by atoms with Gasteiger partial charge in [0.15, 0.2) is 11.5 Å². The quantitative estimate of drug-likeness (QED) is 0.883. The van der Waals surface area contributed by atoms with E-state index in [2.05, 4.69) is 15.9 Å². The van der Waals surface area contributed by atoms with Crippen LogP contribution >= 0.6 is 15.9 Å². The van der Waals surface area contributed by atoms with E-state index >= 15 is 0 Å². The van der Waals surface area contributed by atoms with Crippen molar-refractivity contribution in [2.45, 2.75) is 19.4 Å². The molecule has 1 aliphatic heterocycles. The molecule has 0 saturated heterocycles. The fourth-order valence-corrected chi connectivity index (χ4v) is 1.92. The zero-order valence-electron chi connectivity index (χ0n) is 7.79. The van der Waals surface area contributed by atoms with E-state index in [4.69, 9.17) is 9.47 Å². The predicted molar refractivity (Wildman–Crippen MR) is 55.6 cm³/mol. The van der Waals surface area contributed by atoms with Crippen LogP contribution in [-0.2, 0) is 6.42 Å². The van der Waals surface area contributed by atoms with Gasteiger partial charge in [-0.05, 0) is 31.0 Å². The minimum absolute atomic E-state index is 0.278. The van der Waals surface area contributed by atoms with E-state index in [-0.39, 0.29) is 12.9 Å². The Balaban J connectivity index is 2.32. The van der Waals surface area contributed by atoms with Gasteiger partial charge in [-0.15, -0.1) is 0 Å². The van der Waals surface area contributed by atoms with Crippen LogP contribution in [0.25, 0.3) is 0 Å². The fourth-order valence-electron chi connectivity index (χ4n) is 1.43. The average Bonchev–Trinajstić information content (AvgIpc) is 2.51. The summed E-state index contributed by atoms with van der Waals surface area (Å²) in [5.74, 6) is 1.51. The molecule has 0 saturated carbocycles. The Morgan fingerprint density at radius 2 is 2.07 bits per heavy atom. The van der Waals surface area contributed by atoms with Gasteiger partial charge in [0, 0.05) is 4.47 Å². The Kier molecular flexibility index (Phi) is 2.65. The third kappa shape index (κ3) is 1.86. The summed E-state index contributed by atoms with van der Waals surface area (Å²) >= 11 is 3.43. The van der Waals surface area contributed by atoms with E-state index in [1.54, 1.807) is 6.92 Å². The molecule has 1 aliphatic rings. The lowest BCUT2D eigenvalue weighted by Crippen LogP contribution is -2.04. The van der Waals surface area contributed by atoms with Gasteiger partial charge in [-0.2, -0.15) is 0 Å². The minimum atomic E-state index is -0.355. The number of aliphatic hydroxyl groups is 1. The molecule has 0 aromatic heterocycles. The van der Waals surface area contributed by atoms with Crippen LogP contribution in [0, 0.1) is 0 Å². The largest absolute Gasteiger partial charge is 0.454 e. The van der Waals surface area contributed by atoms with Crippen LogP contribution < -0.4 is 9.47 Å². The van der Waals surface area contributed by atoms with Crippen LogP contribution in [0.15, 0.2) is 16.6 Å². The number of rotatable bonds is 2. The molecule has 14 heavy (non-hydrogen) atoms. The average molecular weight is 259 g/mol. The lowest BCUT2D eigenvalue weighted by molar-refractivity contribution is 0.174. The van der Waals surface area contributed by atoms with Gasteiger partial charge in [0.05, 0.1) is 6.10 Å². The molecule has 0 spiro atoms. The Hall–Kier alpha value is -0.740.